The predicted octanol–water partition coefficient (Wildman–Crippen LogP) is 10.6. The second-order valence-corrected chi connectivity index (χ2v) is 11.2. The molecular formula is C39H64O5. The number of carbonyl (C=O) groups excluding carboxylic acids is 2. The standard InChI is InChI=1S/C39H64O5/c1-3-5-7-9-11-13-15-17-19-21-23-25-27-29-31-33-38(41)43-36-37(35-40)44-39(42)34-32-30-28-26-24-22-20-18-16-14-12-10-8-6-4-2/h5-8,11-14,17-20,37,40H,3-4,9-10,15-16,21-36H2,1-2H3/b7-5-,8-6-,13-11-,14-12-,19-17-,20-18-/t37-/m0/s1. The van der Waals surface area contributed by atoms with Gasteiger partial charge in [0.15, 0.2) is 6.10 Å². The van der Waals surface area contributed by atoms with Crippen LogP contribution in [0.15, 0.2) is 72.9 Å². The summed E-state index contributed by atoms with van der Waals surface area (Å²) in [5.41, 5.74) is 0. The molecule has 0 amide bonds. The number of hydrogen-bond donors (Lipinski definition) is 1. The highest BCUT2D eigenvalue weighted by molar-refractivity contribution is 5.70. The number of rotatable bonds is 30. The molecule has 0 bridgehead atoms. The summed E-state index contributed by atoms with van der Waals surface area (Å²) in [5.74, 6) is -0.640. The van der Waals surface area contributed by atoms with E-state index in [2.05, 4.69) is 86.8 Å². The molecule has 250 valence electrons. The second-order valence-electron chi connectivity index (χ2n) is 11.2. The van der Waals surface area contributed by atoms with Gasteiger partial charge in [-0.3, -0.25) is 9.59 Å². The largest absolute Gasteiger partial charge is 0.462 e. The van der Waals surface area contributed by atoms with Gasteiger partial charge in [-0.1, -0.05) is 125 Å². The molecule has 0 unspecified atom stereocenters. The number of hydrogen-bond acceptors (Lipinski definition) is 5. The lowest BCUT2D eigenvalue weighted by Gasteiger charge is -2.15. The number of ether oxygens (including phenoxy) is 2. The summed E-state index contributed by atoms with van der Waals surface area (Å²) in [6.45, 7) is 3.86. The fourth-order valence-electron chi connectivity index (χ4n) is 4.40. The fraction of sp³-hybridized carbons (Fsp3) is 0.641. The van der Waals surface area contributed by atoms with Crippen molar-refractivity contribution in [2.45, 2.75) is 148 Å². The molecule has 0 heterocycles. The first kappa shape index (κ1) is 41.3. The van der Waals surface area contributed by atoms with E-state index in [1.54, 1.807) is 0 Å². The molecular weight excluding hydrogens is 548 g/mol. The van der Waals surface area contributed by atoms with Crippen LogP contribution in [0.5, 0.6) is 0 Å². The highest BCUT2D eigenvalue weighted by atomic mass is 16.6. The highest BCUT2D eigenvalue weighted by Gasteiger charge is 2.16. The Labute approximate surface area is 270 Å². The zero-order valence-corrected chi connectivity index (χ0v) is 28.1. The quantitative estimate of drug-likeness (QED) is 0.0496. The molecule has 0 aromatic heterocycles. The van der Waals surface area contributed by atoms with Gasteiger partial charge in [0.05, 0.1) is 6.61 Å². The Kier molecular flexibility index (Phi) is 32.7. The van der Waals surface area contributed by atoms with Crippen LogP contribution >= 0.6 is 0 Å². The molecule has 0 saturated carbocycles. The Morgan fingerprint density at radius 2 is 0.909 bits per heavy atom. The summed E-state index contributed by atoms with van der Waals surface area (Å²) < 4.78 is 10.5. The van der Waals surface area contributed by atoms with Crippen molar-refractivity contribution in [2.24, 2.45) is 0 Å². The molecule has 0 radical (unpaired) electrons. The van der Waals surface area contributed by atoms with Crippen molar-refractivity contribution in [3.63, 3.8) is 0 Å². The Hall–Kier alpha value is -2.66. The van der Waals surface area contributed by atoms with Gasteiger partial charge in [-0.2, -0.15) is 0 Å². The maximum Gasteiger partial charge on any atom is 0.306 e. The molecule has 0 aromatic carbocycles. The molecule has 0 aromatic rings. The fourth-order valence-corrected chi connectivity index (χ4v) is 4.40. The van der Waals surface area contributed by atoms with E-state index in [1.165, 1.54) is 6.42 Å². The van der Waals surface area contributed by atoms with Gasteiger partial charge in [0.25, 0.3) is 0 Å². The summed E-state index contributed by atoms with van der Waals surface area (Å²) in [7, 11) is 0. The predicted molar refractivity (Wildman–Crippen MR) is 186 cm³/mol. The Morgan fingerprint density at radius 1 is 0.523 bits per heavy atom. The third-order valence-electron chi connectivity index (χ3n) is 7.00. The normalized spacial score (nSPS) is 13.1. The van der Waals surface area contributed by atoms with Crippen LogP contribution in [0.1, 0.15) is 142 Å². The number of aliphatic hydroxyl groups excluding tert-OH is 1. The van der Waals surface area contributed by atoms with Crippen molar-refractivity contribution < 1.29 is 24.2 Å². The summed E-state index contributed by atoms with van der Waals surface area (Å²) >= 11 is 0. The summed E-state index contributed by atoms with van der Waals surface area (Å²) in [6.07, 6.45) is 45.2. The first-order valence-electron chi connectivity index (χ1n) is 17.5. The number of carbonyl (C=O) groups is 2. The zero-order valence-electron chi connectivity index (χ0n) is 28.1. The van der Waals surface area contributed by atoms with Crippen LogP contribution < -0.4 is 0 Å². The van der Waals surface area contributed by atoms with Crippen LogP contribution in [0, 0.1) is 0 Å². The molecule has 0 aliphatic heterocycles. The van der Waals surface area contributed by atoms with Gasteiger partial charge in [-0.25, -0.2) is 0 Å². The molecule has 44 heavy (non-hydrogen) atoms. The minimum Gasteiger partial charge on any atom is -0.462 e. The van der Waals surface area contributed by atoms with Crippen LogP contribution in [0.4, 0.5) is 0 Å². The van der Waals surface area contributed by atoms with Gasteiger partial charge in [0, 0.05) is 12.8 Å². The molecule has 0 aliphatic carbocycles. The molecule has 0 saturated heterocycles. The van der Waals surface area contributed by atoms with E-state index in [1.807, 2.05) is 0 Å². The van der Waals surface area contributed by atoms with Gasteiger partial charge in [-0.05, 0) is 77.0 Å². The van der Waals surface area contributed by atoms with E-state index in [4.69, 9.17) is 9.47 Å². The first-order chi connectivity index (χ1) is 21.6. The summed E-state index contributed by atoms with van der Waals surface area (Å²) in [4.78, 5) is 24.2. The van der Waals surface area contributed by atoms with E-state index in [0.717, 1.165) is 109 Å². The average molecular weight is 613 g/mol. The number of allylic oxidation sites excluding steroid dienone is 12. The lowest BCUT2D eigenvalue weighted by molar-refractivity contribution is -0.161. The smallest absolute Gasteiger partial charge is 0.306 e. The van der Waals surface area contributed by atoms with Crippen LogP contribution in [-0.2, 0) is 19.1 Å². The van der Waals surface area contributed by atoms with E-state index in [9.17, 15) is 14.7 Å². The van der Waals surface area contributed by atoms with Crippen molar-refractivity contribution in [1.29, 1.82) is 0 Å². The van der Waals surface area contributed by atoms with Crippen molar-refractivity contribution in [1.82, 2.24) is 0 Å². The van der Waals surface area contributed by atoms with E-state index in [0.29, 0.717) is 12.8 Å². The molecule has 1 atom stereocenters. The monoisotopic (exact) mass is 612 g/mol. The maximum atomic E-state index is 12.1. The van der Waals surface area contributed by atoms with Crippen LogP contribution in [0.2, 0.25) is 0 Å². The lowest BCUT2D eigenvalue weighted by Crippen LogP contribution is -2.28. The molecule has 5 heteroatoms. The average Bonchev–Trinajstić information content (AvgIpc) is 3.02. The maximum absolute atomic E-state index is 12.1. The number of aliphatic hydroxyl groups is 1. The highest BCUT2D eigenvalue weighted by Crippen LogP contribution is 2.11. The third-order valence-corrected chi connectivity index (χ3v) is 7.00. The SMILES string of the molecule is CC/C=C\C/C=C\C/C=C\CCCCCCCC(=O)OC[C@H](CO)OC(=O)CCCCCCC/C=C\C/C=C\C/C=C\CC. The minimum atomic E-state index is -0.790. The molecule has 0 fully saturated rings. The molecule has 1 N–H and O–H groups in total. The molecule has 5 nitrogen and oxygen atoms in total. The van der Waals surface area contributed by atoms with E-state index in [-0.39, 0.29) is 25.2 Å². The Morgan fingerprint density at radius 3 is 1.36 bits per heavy atom. The van der Waals surface area contributed by atoms with Crippen molar-refractivity contribution in [3.8, 4) is 0 Å². The topological polar surface area (TPSA) is 72.8 Å². The van der Waals surface area contributed by atoms with Gasteiger partial charge in [0.1, 0.15) is 6.61 Å². The van der Waals surface area contributed by atoms with E-state index >= 15 is 0 Å². The Balaban J connectivity index is 3.67. The second kappa shape index (κ2) is 34.8. The van der Waals surface area contributed by atoms with E-state index < -0.39 is 6.10 Å². The van der Waals surface area contributed by atoms with Crippen LogP contribution in [-0.4, -0.2) is 36.4 Å². The van der Waals surface area contributed by atoms with Crippen molar-refractivity contribution in [2.75, 3.05) is 13.2 Å². The van der Waals surface area contributed by atoms with Crippen molar-refractivity contribution in [3.05, 3.63) is 72.9 Å². The van der Waals surface area contributed by atoms with Crippen molar-refractivity contribution >= 4 is 11.9 Å². The van der Waals surface area contributed by atoms with Gasteiger partial charge in [-0.15, -0.1) is 0 Å². The minimum absolute atomic E-state index is 0.0861. The molecule has 0 aliphatic rings. The number of esters is 2. The third kappa shape index (κ3) is 32.3. The van der Waals surface area contributed by atoms with Gasteiger partial charge >= 0.3 is 11.9 Å². The molecule has 0 spiro atoms. The summed E-state index contributed by atoms with van der Waals surface area (Å²) in [5, 5.41) is 9.52. The van der Waals surface area contributed by atoms with Gasteiger partial charge in [0.2, 0.25) is 0 Å². The van der Waals surface area contributed by atoms with Crippen LogP contribution in [0.3, 0.4) is 0 Å². The first-order valence-corrected chi connectivity index (χ1v) is 17.5. The number of unbranched alkanes of at least 4 members (excludes halogenated alkanes) is 10. The summed E-state index contributed by atoms with van der Waals surface area (Å²) in [6, 6.07) is 0. The Bertz CT molecular complexity index is 833. The van der Waals surface area contributed by atoms with Gasteiger partial charge < -0.3 is 14.6 Å². The zero-order chi connectivity index (χ0) is 32.2. The lowest BCUT2D eigenvalue weighted by atomic mass is 10.1. The van der Waals surface area contributed by atoms with Crippen LogP contribution in [0.25, 0.3) is 0 Å². The molecule has 0 rings (SSSR count).